The van der Waals surface area contributed by atoms with Gasteiger partial charge in [-0.15, -0.1) is 0 Å². The van der Waals surface area contributed by atoms with Crippen LogP contribution in [0, 0.1) is 5.82 Å². The molecule has 1 aliphatic heterocycles. The summed E-state index contributed by atoms with van der Waals surface area (Å²) in [7, 11) is 0. The van der Waals surface area contributed by atoms with Crippen LogP contribution in [0.5, 0.6) is 5.75 Å². The second kappa shape index (κ2) is 9.11. The molecule has 14 heteroatoms. The van der Waals surface area contributed by atoms with E-state index in [4.69, 9.17) is 5.73 Å². The van der Waals surface area contributed by atoms with Gasteiger partial charge in [0.05, 0.1) is 6.20 Å². The first kappa shape index (κ1) is 24.1. The van der Waals surface area contributed by atoms with Crippen molar-refractivity contribution in [3.63, 3.8) is 0 Å². The average molecular weight is 480 g/mol. The van der Waals surface area contributed by atoms with Gasteiger partial charge in [0.1, 0.15) is 29.5 Å². The Kier molecular flexibility index (Phi) is 6.65. The van der Waals surface area contributed by atoms with Crippen LogP contribution in [-0.4, -0.2) is 42.5 Å². The molecule has 0 spiro atoms. The fourth-order valence-electron chi connectivity index (χ4n) is 3.13. The molecular weight excluding hydrogens is 465 g/mol. The third kappa shape index (κ3) is 5.43. The summed E-state index contributed by atoms with van der Waals surface area (Å²) in [5.74, 6) is -2.25. The monoisotopic (exact) mass is 480 g/mol. The molecule has 33 heavy (non-hydrogen) atoms. The van der Waals surface area contributed by atoms with E-state index in [1.165, 1.54) is 0 Å². The predicted octanol–water partition coefficient (Wildman–Crippen LogP) is 3.91. The van der Waals surface area contributed by atoms with Crippen LogP contribution < -0.4 is 15.8 Å². The minimum absolute atomic E-state index is 0.122. The number of benzene rings is 1. The minimum atomic E-state index is -4.92. The molecule has 2 heterocycles. The molecule has 3 N–H and O–H groups in total. The lowest BCUT2D eigenvalue weighted by atomic mass is 9.84. The fraction of sp³-hybridized carbons (Fsp3) is 0.316. The summed E-state index contributed by atoms with van der Waals surface area (Å²) >= 11 is 0. The third-order valence-electron chi connectivity index (χ3n) is 4.62. The number of aromatic nitrogens is 1. The van der Waals surface area contributed by atoms with E-state index >= 15 is 0 Å². The lowest BCUT2D eigenvalue weighted by Crippen LogP contribution is -2.48. The molecule has 0 radical (unpaired) electrons. The Bertz CT molecular complexity index is 1050. The van der Waals surface area contributed by atoms with E-state index in [0.717, 1.165) is 36.5 Å². The van der Waals surface area contributed by atoms with Crippen molar-refractivity contribution in [2.75, 3.05) is 12.0 Å². The van der Waals surface area contributed by atoms with E-state index in [9.17, 15) is 35.5 Å². The number of pyridine rings is 1. The number of aliphatic imine (C=N–C) groups is 1. The largest absolute Gasteiger partial charge is 0.452 e. The number of anilines is 1. The number of nitrogens with two attached hydrogens (primary N) is 1. The fourth-order valence-corrected chi connectivity index (χ4v) is 3.13. The van der Waals surface area contributed by atoms with Crippen LogP contribution in [0.25, 0.3) is 0 Å². The van der Waals surface area contributed by atoms with E-state index in [1.807, 2.05) is 0 Å². The van der Waals surface area contributed by atoms with E-state index in [0.29, 0.717) is 0 Å². The number of carbonyl (C=O) groups is 1. The van der Waals surface area contributed by atoms with Crippen molar-refractivity contribution in [1.82, 2.24) is 4.98 Å². The number of alkyl halides is 6. The molecule has 1 aliphatic rings. The molecule has 0 saturated carbocycles. The van der Waals surface area contributed by atoms with E-state index in [1.54, 1.807) is 0 Å². The average Bonchev–Trinajstić information content (AvgIpc) is 2.74. The zero-order valence-electron chi connectivity index (χ0n) is 16.4. The molecule has 7 nitrogen and oxygen atoms in total. The molecule has 2 aromatic rings. The summed E-state index contributed by atoms with van der Waals surface area (Å²) in [4.78, 5) is 19.6. The van der Waals surface area contributed by atoms with Crippen molar-refractivity contribution in [2.24, 2.45) is 10.7 Å². The summed E-state index contributed by atoms with van der Waals surface area (Å²) in [6.07, 6.45) is -7.67. The Labute approximate surface area is 181 Å². The zero-order chi connectivity index (χ0) is 24.4. The van der Waals surface area contributed by atoms with Crippen molar-refractivity contribution < 1.29 is 45.0 Å². The second-order valence-corrected chi connectivity index (χ2v) is 6.87. The lowest BCUT2D eigenvalue weighted by molar-refractivity contribution is -0.209. The van der Waals surface area contributed by atoms with Gasteiger partial charge in [0, 0.05) is 17.7 Å². The van der Waals surface area contributed by atoms with Gasteiger partial charge < -0.3 is 20.5 Å². The van der Waals surface area contributed by atoms with Crippen LogP contribution in [0.3, 0.4) is 0 Å². The van der Waals surface area contributed by atoms with Crippen LogP contribution in [-0.2, 0) is 10.3 Å². The number of nitrogens with zero attached hydrogens (tertiary/aromatic N) is 2. The number of halogens is 7. The molecule has 1 amide bonds. The Morgan fingerprint density at radius 2 is 2.03 bits per heavy atom. The Hall–Kier alpha value is -3.58. The van der Waals surface area contributed by atoms with Crippen molar-refractivity contribution in [3.8, 4) is 5.75 Å². The number of rotatable bonds is 6. The number of nitrogens with one attached hydrogen (secondary N) is 1. The number of hydrogen-bond donors (Lipinski definition) is 2. The smallest absolute Gasteiger partial charge is 0.425 e. The molecule has 0 saturated heterocycles. The van der Waals surface area contributed by atoms with Gasteiger partial charge in [-0.2, -0.15) is 22.0 Å². The number of amides is 1. The first-order chi connectivity index (χ1) is 15.4. The molecule has 3 rings (SSSR count). The Balaban J connectivity index is 1.88. The summed E-state index contributed by atoms with van der Waals surface area (Å²) in [6, 6.07) is 3.95. The Morgan fingerprint density at radius 3 is 2.61 bits per heavy atom. The summed E-state index contributed by atoms with van der Waals surface area (Å²) in [5, 5.41) is 2.31. The van der Waals surface area contributed by atoms with Gasteiger partial charge in [0.2, 0.25) is 0 Å². The van der Waals surface area contributed by atoms with Crippen LogP contribution in [0.15, 0.2) is 41.5 Å². The number of amidine groups is 1. The molecular formula is C19H15F7N4O3. The minimum Gasteiger partial charge on any atom is -0.452 e. The molecule has 2 unspecified atom stereocenters. The standard InChI is InChI=1S/C19H15F7N4O3/c20-8-18(6-14(19(24,25)26)33-17(27)30-18)11-5-9(1-3-12(11)21)29-15(31)13-4-2-10(7-28-13)32-16(22)23/h1-5,7,14,16H,6,8H2,(H2,27,30)(H,29,31). The maximum Gasteiger partial charge on any atom is 0.425 e. The number of carbonyl (C=O) groups excluding carboxylic acids is 1. The second-order valence-electron chi connectivity index (χ2n) is 6.87. The van der Waals surface area contributed by atoms with Crippen LogP contribution in [0.4, 0.5) is 36.4 Å². The summed E-state index contributed by atoms with van der Waals surface area (Å²) < 4.78 is 101. The van der Waals surface area contributed by atoms with Crippen molar-refractivity contribution in [1.29, 1.82) is 0 Å². The first-order valence-corrected chi connectivity index (χ1v) is 9.10. The quantitative estimate of drug-likeness (QED) is 0.611. The van der Waals surface area contributed by atoms with E-state index in [2.05, 4.69) is 24.8 Å². The van der Waals surface area contributed by atoms with E-state index in [-0.39, 0.29) is 17.1 Å². The van der Waals surface area contributed by atoms with Gasteiger partial charge in [0.25, 0.3) is 11.9 Å². The van der Waals surface area contributed by atoms with Crippen LogP contribution in [0.2, 0.25) is 0 Å². The van der Waals surface area contributed by atoms with Crippen molar-refractivity contribution in [2.45, 2.75) is 30.9 Å². The maximum absolute atomic E-state index is 14.5. The highest BCUT2D eigenvalue weighted by atomic mass is 19.4. The molecule has 0 bridgehead atoms. The highest BCUT2D eigenvalue weighted by Gasteiger charge is 2.52. The molecule has 2 atom stereocenters. The molecule has 0 fully saturated rings. The SMILES string of the molecule is NC1=NC(CF)(c2cc(NC(=O)c3ccc(OC(F)F)cn3)ccc2F)CC(C(F)(F)F)O1. The highest BCUT2D eigenvalue weighted by Crippen LogP contribution is 2.42. The number of ether oxygens (including phenoxy) is 2. The molecule has 1 aromatic carbocycles. The normalized spacial score (nSPS) is 20.7. The van der Waals surface area contributed by atoms with Gasteiger partial charge in [-0.1, -0.05) is 0 Å². The van der Waals surface area contributed by atoms with Gasteiger partial charge in [-0.05, 0) is 30.3 Å². The predicted molar refractivity (Wildman–Crippen MR) is 100 cm³/mol. The molecule has 178 valence electrons. The molecule has 1 aromatic heterocycles. The van der Waals surface area contributed by atoms with Gasteiger partial charge in [-0.3, -0.25) is 4.79 Å². The van der Waals surface area contributed by atoms with E-state index < -0.39 is 60.8 Å². The van der Waals surface area contributed by atoms with Gasteiger partial charge in [-0.25, -0.2) is 18.8 Å². The van der Waals surface area contributed by atoms with Crippen LogP contribution >= 0.6 is 0 Å². The maximum atomic E-state index is 14.5. The Morgan fingerprint density at radius 1 is 1.30 bits per heavy atom. The first-order valence-electron chi connectivity index (χ1n) is 9.10. The molecule has 0 aliphatic carbocycles. The van der Waals surface area contributed by atoms with Crippen LogP contribution in [0.1, 0.15) is 22.5 Å². The topological polar surface area (TPSA) is 98.8 Å². The summed E-state index contributed by atoms with van der Waals surface area (Å²) in [5.41, 5.74) is 2.00. The van der Waals surface area contributed by atoms with Crippen molar-refractivity contribution in [3.05, 3.63) is 53.6 Å². The third-order valence-corrected chi connectivity index (χ3v) is 4.62. The zero-order valence-corrected chi connectivity index (χ0v) is 16.4. The van der Waals surface area contributed by atoms with Gasteiger partial charge >= 0.3 is 12.8 Å². The van der Waals surface area contributed by atoms with Crippen molar-refractivity contribution >= 4 is 17.6 Å². The number of hydrogen-bond acceptors (Lipinski definition) is 6. The summed E-state index contributed by atoms with van der Waals surface area (Å²) in [6.45, 7) is -4.63. The highest BCUT2D eigenvalue weighted by molar-refractivity contribution is 6.02. The van der Waals surface area contributed by atoms with Gasteiger partial charge in [0.15, 0.2) is 6.10 Å². The lowest BCUT2D eigenvalue weighted by Gasteiger charge is -2.36.